The number of hydrogen-bond acceptors (Lipinski definition) is 3. The van der Waals surface area contributed by atoms with Crippen LogP contribution in [0.1, 0.15) is 33.4 Å². The van der Waals surface area contributed by atoms with Crippen LogP contribution in [0.5, 0.6) is 0 Å². The molecule has 4 heterocycles. The van der Waals surface area contributed by atoms with Crippen LogP contribution in [0.15, 0.2) is 174 Å². The molecule has 3 nitrogen and oxygen atoms in total. The predicted octanol–water partition coefficient (Wildman–Crippen LogP) is 11.7. The van der Waals surface area contributed by atoms with Crippen LogP contribution in [0.4, 0.5) is 0 Å². The minimum Gasteiger partial charge on any atom is -0.294 e. The largest absolute Gasteiger partial charge is 0.294 e. The lowest BCUT2D eigenvalue weighted by Gasteiger charge is -2.43. The summed E-state index contributed by atoms with van der Waals surface area (Å²) in [6, 6.07) is 53.6. The first-order valence-corrected chi connectivity index (χ1v) is 18.1. The predicted molar refractivity (Wildman–Crippen MR) is 211 cm³/mol. The summed E-state index contributed by atoms with van der Waals surface area (Å²) >= 11 is 1.91. The molecule has 1 aliphatic carbocycles. The summed E-state index contributed by atoms with van der Waals surface area (Å²) in [4.78, 5) is 11.9. The van der Waals surface area contributed by atoms with Gasteiger partial charge in [0.05, 0.1) is 16.4 Å². The highest BCUT2D eigenvalue weighted by molar-refractivity contribution is 7.99. The average Bonchev–Trinajstić information content (AvgIpc) is 3.45. The Morgan fingerprint density at radius 1 is 0.510 bits per heavy atom. The first-order valence-electron chi connectivity index (χ1n) is 17.3. The van der Waals surface area contributed by atoms with Gasteiger partial charge in [0.15, 0.2) is 0 Å². The quantitative estimate of drug-likeness (QED) is 0.184. The van der Waals surface area contributed by atoms with E-state index in [0.717, 1.165) is 27.6 Å². The van der Waals surface area contributed by atoms with Crippen LogP contribution in [0, 0.1) is 0 Å². The fourth-order valence-electron chi connectivity index (χ4n) is 8.64. The fraction of sp³-hybridized carbons (Fsp3) is 0.0213. The van der Waals surface area contributed by atoms with E-state index in [2.05, 4.69) is 155 Å². The van der Waals surface area contributed by atoms with Gasteiger partial charge in [-0.1, -0.05) is 127 Å². The summed E-state index contributed by atoms with van der Waals surface area (Å²) < 4.78 is 2.24. The second kappa shape index (κ2) is 10.9. The lowest BCUT2D eigenvalue weighted by Crippen LogP contribution is -2.35. The van der Waals surface area contributed by atoms with Gasteiger partial charge in [0.25, 0.3) is 0 Å². The summed E-state index contributed by atoms with van der Waals surface area (Å²) in [5, 5.41) is 4.83. The van der Waals surface area contributed by atoms with Gasteiger partial charge in [-0.15, -0.1) is 0 Å². The Labute approximate surface area is 299 Å². The molecule has 6 aromatic carbocycles. The highest BCUT2D eigenvalue weighted by Gasteiger charge is 2.47. The molecule has 11 rings (SSSR count). The van der Waals surface area contributed by atoms with Crippen molar-refractivity contribution in [3.8, 4) is 16.9 Å². The summed E-state index contributed by atoms with van der Waals surface area (Å²) in [6.07, 6.45) is 10.3. The number of benzene rings is 6. The Balaban J connectivity index is 1.21. The number of fused-ring (bicyclic) bond motifs is 13. The lowest BCUT2D eigenvalue weighted by molar-refractivity contribution is 0.704. The molecule has 0 N–H and O–H groups in total. The van der Waals surface area contributed by atoms with Crippen molar-refractivity contribution < 1.29 is 0 Å². The van der Waals surface area contributed by atoms with Crippen molar-refractivity contribution in [2.24, 2.45) is 0 Å². The van der Waals surface area contributed by atoms with Crippen LogP contribution in [0.2, 0.25) is 0 Å². The van der Waals surface area contributed by atoms with E-state index in [1.807, 2.05) is 42.5 Å². The van der Waals surface area contributed by atoms with E-state index >= 15 is 0 Å². The Bertz CT molecular complexity index is 2900. The maximum Gasteiger partial charge on any atom is 0.137 e. The van der Waals surface area contributed by atoms with E-state index in [1.165, 1.54) is 65.1 Å². The number of nitrogens with zero attached hydrogens (tertiary/aromatic N) is 3. The van der Waals surface area contributed by atoms with Crippen molar-refractivity contribution >= 4 is 56.5 Å². The highest BCUT2D eigenvalue weighted by atomic mass is 32.2. The van der Waals surface area contributed by atoms with Gasteiger partial charge in [0.2, 0.25) is 0 Å². The summed E-state index contributed by atoms with van der Waals surface area (Å²) in [5.41, 5.74) is 11.8. The van der Waals surface area contributed by atoms with E-state index in [0.29, 0.717) is 0 Å². The van der Waals surface area contributed by atoms with Crippen LogP contribution in [-0.4, -0.2) is 14.5 Å². The molecular weight excluding hydrogens is 639 g/mol. The van der Waals surface area contributed by atoms with Gasteiger partial charge in [-0.05, 0) is 97.7 Å². The summed E-state index contributed by atoms with van der Waals surface area (Å²) in [6.45, 7) is 0. The van der Waals surface area contributed by atoms with Gasteiger partial charge in [-0.3, -0.25) is 9.55 Å². The third-order valence-corrected chi connectivity index (χ3v) is 12.0. The molecule has 238 valence electrons. The van der Waals surface area contributed by atoms with Gasteiger partial charge >= 0.3 is 0 Å². The summed E-state index contributed by atoms with van der Waals surface area (Å²) in [7, 11) is 0. The topological polar surface area (TPSA) is 30.7 Å². The zero-order valence-corrected chi connectivity index (χ0v) is 28.3. The normalized spacial score (nSPS) is 15.8. The molecule has 9 aromatic rings. The maximum absolute atomic E-state index is 4.72. The molecule has 0 amide bonds. The molecule has 0 saturated carbocycles. The minimum atomic E-state index is -0.532. The molecule has 1 unspecified atom stereocenters. The maximum atomic E-state index is 4.72. The first kappa shape index (κ1) is 28.6. The second-order valence-electron chi connectivity index (χ2n) is 13.4. The van der Waals surface area contributed by atoms with Gasteiger partial charge < -0.3 is 0 Å². The highest BCUT2D eigenvalue weighted by Crippen LogP contribution is 2.59. The first-order chi connectivity index (χ1) is 25.3. The fourth-order valence-corrected chi connectivity index (χ4v) is 9.97. The van der Waals surface area contributed by atoms with E-state index in [1.54, 1.807) is 0 Å². The second-order valence-corrected chi connectivity index (χ2v) is 14.4. The molecular formula is C47H29N3S. The van der Waals surface area contributed by atoms with E-state index in [-0.39, 0.29) is 0 Å². The molecule has 1 spiro atoms. The lowest BCUT2D eigenvalue weighted by atomic mass is 9.63. The van der Waals surface area contributed by atoms with Crippen molar-refractivity contribution in [1.29, 1.82) is 0 Å². The third-order valence-electron chi connectivity index (χ3n) is 10.8. The molecule has 0 radical (unpaired) electrons. The zero-order chi connectivity index (χ0) is 33.5. The monoisotopic (exact) mass is 667 g/mol. The molecule has 51 heavy (non-hydrogen) atoms. The Morgan fingerprint density at radius 2 is 1.27 bits per heavy atom. The van der Waals surface area contributed by atoms with Crippen LogP contribution in [-0.2, 0) is 5.41 Å². The third kappa shape index (κ3) is 4.02. The molecule has 1 atom stereocenters. The average molecular weight is 668 g/mol. The molecule has 1 aliphatic heterocycles. The number of aromatic nitrogens is 3. The van der Waals surface area contributed by atoms with Crippen molar-refractivity contribution in [3.05, 3.63) is 198 Å². The molecule has 3 aromatic heterocycles. The number of pyridine rings is 2. The van der Waals surface area contributed by atoms with E-state index in [4.69, 9.17) is 4.98 Å². The van der Waals surface area contributed by atoms with Gasteiger partial charge in [0.1, 0.15) is 5.82 Å². The zero-order valence-electron chi connectivity index (χ0n) is 27.5. The van der Waals surface area contributed by atoms with E-state index in [9.17, 15) is 0 Å². The van der Waals surface area contributed by atoms with Crippen molar-refractivity contribution in [2.75, 3.05) is 0 Å². The standard InChI is InChI=1S/C47H29N3S/c1-3-11-35-30(9-1)20-22-40-46(35)51-44-14-6-5-13-39(44)47(40)38-12-4-2-10-31(38)16-17-32-18-19-34(28-41(32)47)33-21-23-42-36(27-33)37-29-48-26-24-43(37)50(42)45-15-7-8-25-49-45/h1-29H. The Hall–Kier alpha value is -6.23. The van der Waals surface area contributed by atoms with Gasteiger partial charge in [-0.2, -0.15) is 0 Å². The van der Waals surface area contributed by atoms with E-state index < -0.39 is 5.41 Å². The molecule has 0 fully saturated rings. The van der Waals surface area contributed by atoms with Gasteiger partial charge in [0, 0.05) is 39.2 Å². The van der Waals surface area contributed by atoms with Crippen molar-refractivity contribution in [1.82, 2.24) is 14.5 Å². The summed E-state index contributed by atoms with van der Waals surface area (Å²) in [5.74, 6) is 0.897. The molecule has 4 heteroatoms. The molecule has 2 aliphatic rings. The number of hydrogen-bond donors (Lipinski definition) is 0. The SMILES string of the molecule is C1=Cc2ccc(-c3ccc4c(c3)c3cnccc3n4-c3ccccn3)cc2C2(c3ccccc31)c1ccccc1Sc1c2ccc2ccccc12. The van der Waals surface area contributed by atoms with Crippen molar-refractivity contribution in [2.45, 2.75) is 15.2 Å². The van der Waals surface area contributed by atoms with Gasteiger partial charge in [-0.25, -0.2) is 4.98 Å². The van der Waals surface area contributed by atoms with Crippen LogP contribution >= 0.6 is 11.8 Å². The Morgan fingerprint density at radius 3 is 2.20 bits per heavy atom. The smallest absolute Gasteiger partial charge is 0.137 e. The van der Waals surface area contributed by atoms with Crippen LogP contribution in [0.25, 0.3) is 61.7 Å². The Kier molecular flexibility index (Phi) is 6.10. The minimum absolute atomic E-state index is 0.532. The van der Waals surface area contributed by atoms with Crippen LogP contribution in [0.3, 0.4) is 0 Å². The van der Waals surface area contributed by atoms with Crippen molar-refractivity contribution in [3.63, 3.8) is 0 Å². The molecule has 0 saturated heterocycles. The van der Waals surface area contributed by atoms with Crippen LogP contribution < -0.4 is 0 Å². The molecule has 0 bridgehead atoms. The number of rotatable bonds is 2.